The molecule has 4 atom stereocenters. The SMILES string of the molecule is [2H]CCCOc1ccc2c(c1)CCC1C2CCC2(C)CCCC12. The molecule has 1 nitrogen and oxygen atoms in total. The fraction of sp³-hybridized carbons (Fsp3) is 0.714. The zero-order valence-corrected chi connectivity index (χ0v) is 13.9. The lowest BCUT2D eigenvalue weighted by atomic mass is 9.56. The molecule has 1 aromatic carbocycles. The summed E-state index contributed by atoms with van der Waals surface area (Å²) in [6.45, 7) is 3.70. The van der Waals surface area contributed by atoms with E-state index in [0.717, 1.165) is 29.9 Å². The van der Waals surface area contributed by atoms with E-state index in [2.05, 4.69) is 25.1 Å². The molecule has 0 radical (unpaired) electrons. The molecule has 0 aromatic heterocycles. The normalized spacial score (nSPS) is 37.0. The summed E-state index contributed by atoms with van der Waals surface area (Å²) in [5.41, 5.74) is 3.82. The molecule has 1 aromatic rings. The summed E-state index contributed by atoms with van der Waals surface area (Å²) in [4.78, 5) is 0. The fourth-order valence-corrected chi connectivity index (χ4v) is 5.83. The molecular weight excluding hydrogens is 268 g/mol. The Morgan fingerprint density at radius 1 is 1.27 bits per heavy atom. The maximum Gasteiger partial charge on any atom is 0.119 e. The van der Waals surface area contributed by atoms with Gasteiger partial charge in [0.15, 0.2) is 0 Å². The van der Waals surface area contributed by atoms with E-state index in [0.29, 0.717) is 18.9 Å². The molecule has 2 fully saturated rings. The third kappa shape index (κ3) is 2.28. The van der Waals surface area contributed by atoms with Gasteiger partial charge in [0, 0.05) is 1.37 Å². The summed E-state index contributed by atoms with van der Waals surface area (Å²) in [5, 5.41) is 0. The Labute approximate surface area is 136 Å². The van der Waals surface area contributed by atoms with Gasteiger partial charge in [0.05, 0.1) is 6.61 Å². The highest BCUT2D eigenvalue weighted by atomic mass is 16.5. The van der Waals surface area contributed by atoms with Crippen molar-refractivity contribution in [2.75, 3.05) is 6.61 Å². The van der Waals surface area contributed by atoms with Crippen LogP contribution in [0.15, 0.2) is 18.2 Å². The average Bonchev–Trinajstić information content (AvgIpc) is 2.96. The van der Waals surface area contributed by atoms with Crippen molar-refractivity contribution >= 4 is 0 Å². The lowest BCUT2D eigenvalue weighted by Gasteiger charge is -2.49. The lowest BCUT2D eigenvalue weighted by molar-refractivity contribution is 0.0598. The van der Waals surface area contributed by atoms with Crippen LogP contribution in [0.2, 0.25) is 0 Å². The van der Waals surface area contributed by atoms with E-state index in [1.54, 1.807) is 5.56 Å². The monoisotopic (exact) mass is 299 g/mol. The number of rotatable bonds is 3. The Kier molecular flexibility index (Phi) is 3.41. The predicted molar refractivity (Wildman–Crippen MR) is 91.5 cm³/mol. The van der Waals surface area contributed by atoms with Crippen LogP contribution in [-0.4, -0.2) is 6.61 Å². The standard InChI is InChI=1S/C21H30O/c1-3-13-22-16-7-9-17-15(14-16)6-8-19-18(17)10-12-21(2)11-4-5-20(19)21/h7,9,14,18-20H,3-6,8,10-13H2,1-2H3/i1D. The van der Waals surface area contributed by atoms with Gasteiger partial charge in [-0.2, -0.15) is 0 Å². The minimum absolute atomic E-state index is 0.453. The highest BCUT2D eigenvalue weighted by Crippen LogP contribution is 2.60. The largest absolute Gasteiger partial charge is 0.494 e. The molecule has 120 valence electrons. The molecule has 2 saturated carbocycles. The van der Waals surface area contributed by atoms with Crippen molar-refractivity contribution in [1.82, 2.24) is 0 Å². The number of fused-ring (bicyclic) bond motifs is 5. The van der Waals surface area contributed by atoms with Gasteiger partial charge >= 0.3 is 0 Å². The predicted octanol–water partition coefficient (Wildman–Crippen LogP) is 5.72. The zero-order chi connectivity index (χ0) is 15.9. The van der Waals surface area contributed by atoms with Gasteiger partial charge in [-0.1, -0.05) is 26.3 Å². The maximum atomic E-state index is 7.22. The molecule has 3 aliphatic rings. The number of aryl methyl sites for hydroxylation is 1. The number of ether oxygens (including phenoxy) is 1. The van der Waals surface area contributed by atoms with Crippen molar-refractivity contribution in [2.45, 2.75) is 71.1 Å². The molecule has 0 spiro atoms. The third-order valence-electron chi connectivity index (χ3n) is 6.89. The Morgan fingerprint density at radius 3 is 3.14 bits per heavy atom. The average molecular weight is 299 g/mol. The molecule has 1 heteroatoms. The molecule has 0 amide bonds. The Hall–Kier alpha value is -0.980. The molecule has 3 aliphatic carbocycles. The minimum atomic E-state index is 0.453. The molecule has 4 unspecified atom stereocenters. The van der Waals surface area contributed by atoms with E-state index in [4.69, 9.17) is 6.11 Å². The van der Waals surface area contributed by atoms with Crippen molar-refractivity contribution in [3.63, 3.8) is 0 Å². The zero-order valence-electron chi connectivity index (χ0n) is 14.9. The van der Waals surface area contributed by atoms with Gasteiger partial charge in [-0.3, -0.25) is 0 Å². The van der Waals surface area contributed by atoms with Gasteiger partial charge in [-0.25, -0.2) is 0 Å². The van der Waals surface area contributed by atoms with Crippen LogP contribution in [0, 0.1) is 17.3 Å². The number of benzene rings is 1. The first-order valence-corrected chi connectivity index (χ1v) is 9.26. The fourth-order valence-electron chi connectivity index (χ4n) is 5.83. The Bertz CT molecular complexity index is 569. The molecule has 0 heterocycles. The van der Waals surface area contributed by atoms with Crippen molar-refractivity contribution in [1.29, 1.82) is 0 Å². The quantitative estimate of drug-likeness (QED) is 0.648. The molecular formula is C21H30O. The Morgan fingerprint density at radius 2 is 2.23 bits per heavy atom. The first-order chi connectivity index (χ1) is 11.2. The van der Waals surface area contributed by atoms with Crippen molar-refractivity contribution in [3.05, 3.63) is 29.3 Å². The van der Waals surface area contributed by atoms with E-state index in [1.807, 2.05) is 0 Å². The highest BCUT2D eigenvalue weighted by Gasteiger charge is 2.50. The van der Waals surface area contributed by atoms with Crippen molar-refractivity contribution in [2.24, 2.45) is 17.3 Å². The summed E-state index contributed by atoms with van der Waals surface area (Å²) in [7, 11) is 0. The number of hydrogen-bond donors (Lipinski definition) is 0. The summed E-state index contributed by atoms with van der Waals surface area (Å²) in [6.07, 6.45) is 10.7. The molecule has 0 saturated heterocycles. The number of hydrogen-bond acceptors (Lipinski definition) is 1. The highest BCUT2D eigenvalue weighted by molar-refractivity contribution is 5.40. The maximum absolute atomic E-state index is 7.22. The first kappa shape index (κ1) is 13.5. The van der Waals surface area contributed by atoms with Crippen LogP contribution >= 0.6 is 0 Å². The lowest BCUT2D eigenvalue weighted by Crippen LogP contribution is -2.39. The van der Waals surface area contributed by atoms with Crippen LogP contribution in [0.1, 0.15) is 77.2 Å². The topological polar surface area (TPSA) is 9.23 Å². The van der Waals surface area contributed by atoms with Crippen molar-refractivity contribution < 1.29 is 6.11 Å². The molecule has 0 N–H and O–H groups in total. The van der Waals surface area contributed by atoms with E-state index in [-0.39, 0.29) is 0 Å². The van der Waals surface area contributed by atoms with Crippen LogP contribution in [0.4, 0.5) is 0 Å². The Balaban J connectivity index is 1.54. The second-order valence-electron chi connectivity index (χ2n) is 8.06. The summed E-state index contributed by atoms with van der Waals surface area (Å²) in [5.74, 6) is 3.72. The molecule has 0 aliphatic heterocycles. The smallest absolute Gasteiger partial charge is 0.119 e. The van der Waals surface area contributed by atoms with Crippen LogP contribution < -0.4 is 4.74 Å². The van der Waals surface area contributed by atoms with E-state index in [1.165, 1.54) is 50.5 Å². The van der Waals surface area contributed by atoms with Gasteiger partial charge in [0.25, 0.3) is 0 Å². The van der Waals surface area contributed by atoms with E-state index < -0.39 is 0 Å². The summed E-state index contributed by atoms with van der Waals surface area (Å²) < 4.78 is 13.0. The molecule has 4 rings (SSSR count). The van der Waals surface area contributed by atoms with Crippen LogP contribution in [0.5, 0.6) is 5.75 Å². The van der Waals surface area contributed by atoms with Gasteiger partial charge in [-0.15, -0.1) is 0 Å². The second-order valence-corrected chi connectivity index (χ2v) is 8.06. The van der Waals surface area contributed by atoms with Crippen LogP contribution in [0.3, 0.4) is 0 Å². The second kappa shape index (κ2) is 5.58. The van der Waals surface area contributed by atoms with E-state index in [9.17, 15) is 0 Å². The van der Waals surface area contributed by atoms with Crippen molar-refractivity contribution in [3.8, 4) is 5.75 Å². The van der Waals surface area contributed by atoms with Gasteiger partial charge < -0.3 is 4.74 Å². The van der Waals surface area contributed by atoms with Crippen LogP contribution in [0.25, 0.3) is 0 Å². The van der Waals surface area contributed by atoms with E-state index >= 15 is 0 Å². The molecule has 22 heavy (non-hydrogen) atoms. The van der Waals surface area contributed by atoms with Gasteiger partial charge in [-0.05, 0) is 91.4 Å². The van der Waals surface area contributed by atoms with Gasteiger partial charge in [0.1, 0.15) is 5.75 Å². The van der Waals surface area contributed by atoms with Crippen LogP contribution in [-0.2, 0) is 6.42 Å². The summed E-state index contributed by atoms with van der Waals surface area (Å²) >= 11 is 0. The first-order valence-electron chi connectivity index (χ1n) is 9.97. The summed E-state index contributed by atoms with van der Waals surface area (Å²) in [6, 6.07) is 6.82. The molecule has 0 bridgehead atoms. The minimum Gasteiger partial charge on any atom is -0.494 e. The van der Waals surface area contributed by atoms with Gasteiger partial charge in [0.2, 0.25) is 0 Å². The third-order valence-corrected chi connectivity index (χ3v) is 6.89.